The standard InChI is InChI=1S/C17H16N2O2S/c1-21-17(20)10-13-11-18-19-8-7-12(9-15(13)19)14-5-3-4-6-16(14)22-2/h3-9,11H,10H2,1-2H3. The van der Waals surface area contributed by atoms with Crippen molar-refractivity contribution in [1.82, 2.24) is 9.61 Å². The van der Waals surface area contributed by atoms with Crippen LogP contribution in [0, 0.1) is 0 Å². The highest BCUT2D eigenvalue weighted by atomic mass is 32.2. The van der Waals surface area contributed by atoms with Crippen LogP contribution in [-0.2, 0) is 16.0 Å². The molecule has 0 saturated heterocycles. The molecule has 3 rings (SSSR count). The quantitative estimate of drug-likeness (QED) is 0.547. The van der Waals surface area contributed by atoms with Gasteiger partial charge in [0, 0.05) is 16.7 Å². The Morgan fingerprint density at radius 1 is 1.32 bits per heavy atom. The highest BCUT2D eigenvalue weighted by Gasteiger charge is 2.11. The number of carbonyl (C=O) groups excluding carboxylic acids is 1. The third-order valence-electron chi connectivity index (χ3n) is 3.58. The Morgan fingerprint density at radius 2 is 2.14 bits per heavy atom. The first-order chi connectivity index (χ1) is 10.7. The molecule has 0 aliphatic rings. The second-order valence-corrected chi connectivity index (χ2v) is 5.72. The van der Waals surface area contributed by atoms with E-state index in [4.69, 9.17) is 4.74 Å². The molecule has 112 valence electrons. The van der Waals surface area contributed by atoms with Crippen LogP contribution in [0.4, 0.5) is 0 Å². The van der Waals surface area contributed by atoms with Crippen LogP contribution in [0.25, 0.3) is 16.6 Å². The van der Waals surface area contributed by atoms with Crippen LogP contribution in [0.3, 0.4) is 0 Å². The number of pyridine rings is 1. The first kappa shape index (κ1) is 14.7. The van der Waals surface area contributed by atoms with Gasteiger partial charge in [0.25, 0.3) is 0 Å². The van der Waals surface area contributed by atoms with E-state index in [2.05, 4.69) is 29.6 Å². The number of esters is 1. The lowest BCUT2D eigenvalue weighted by molar-refractivity contribution is -0.139. The number of methoxy groups -OCH3 is 1. The number of nitrogens with zero attached hydrogens (tertiary/aromatic N) is 2. The maximum atomic E-state index is 11.5. The summed E-state index contributed by atoms with van der Waals surface area (Å²) in [4.78, 5) is 12.7. The van der Waals surface area contributed by atoms with E-state index in [-0.39, 0.29) is 12.4 Å². The summed E-state index contributed by atoms with van der Waals surface area (Å²) in [6, 6.07) is 12.4. The molecule has 22 heavy (non-hydrogen) atoms. The first-order valence-corrected chi connectivity index (χ1v) is 8.12. The highest BCUT2D eigenvalue weighted by molar-refractivity contribution is 7.98. The molecule has 0 unspecified atom stereocenters. The fourth-order valence-electron chi connectivity index (χ4n) is 2.45. The van der Waals surface area contributed by atoms with Crippen LogP contribution in [-0.4, -0.2) is 28.9 Å². The summed E-state index contributed by atoms with van der Waals surface area (Å²) in [7, 11) is 1.40. The molecule has 0 saturated carbocycles. The number of hydrogen-bond acceptors (Lipinski definition) is 4. The summed E-state index contributed by atoms with van der Waals surface area (Å²) in [5, 5.41) is 4.29. The van der Waals surface area contributed by atoms with Crippen LogP contribution in [0.1, 0.15) is 5.56 Å². The molecule has 2 aromatic heterocycles. The number of ether oxygens (including phenoxy) is 1. The van der Waals surface area contributed by atoms with Crippen molar-refractivity contribution in [2.45, 2.75) is 11.3 Å². The predicted octanol–water partition coefficient (Wildman–Crippen LogP) is 3.44. The predicted molar refractivity (Wildman–Crippen MR) is 88.1 cm³/mol. The Labute approximate surface area is 133 Å². The van der Waals surface area contributed by atoms with Crippen molar-refractivity contribution < 1.29 is 9.53 Å². The molecule has 3 aromatic rings. The normalized spacial score (nSPS) is 10.8. The van der Waals surface area contributed by atoms with Gasteiger partial charge in [-0.1, -0.05) is 18.2 Å². The van der Waals surface area contributed by atoms with Gasteiger partial charge < -0.3 is 4.74 Å². The van der Waals surface area contributed by atoms with Crippen molar-refractivity contribution in [2.24, 2.45) is 0 Å². The van der Waals surface area contributed by atoms with Gasteiger partial charge in [-0.05, 0) is 35.6 Å². The number of thioether (sulfide) groups is 1. The van der Waals surface area contributed by atoms with Gasteiger partial charge in [-0.25, -0.2) is 4.52 Å². The summed E-state index contributed by atoms with van der Waals surface area (Å²) in [6.45, 7) is 0. The SMILES string of the molecule is COC(=O)Cc1cnn2ccc(-c3ccccc3SC)cc12. The summed E-state index contributed by atoms with van der Waals surface area (Å²) in [5.74, 6) is -0.259. The number of benzene rings is 1. The molecule has 0 spiro atoms. The van der Waals surface area contributed by atoms with Gasteiger partial charge in [0.05, 0.1) is 25.2 Å². The first-order valence-electron chi connectivity index (χ1n) is 6.89. The molecule has 0 N–H and O–H groups in total. The van der Waals surface area contributed by atoms with Crippen LogP contribution in [0.2, 0.25) is 0 Å². The summed E-state index contributed by atoms with van der Waals surface area (Å²) < 4.78 is 6.53. The van der Waals surface area contributed by atoms with Gasteiger partial charge in [-0.3, -0.25) is 4.79 Å². The zero-order valence-corrected chi connectivity index (χ0v) is 13.3. The van der Waals surface area contributed by atoms with E-state index in [0.29, 0.717) is 0 Å². The summed E-state index contributed by atoms with van der Waals surface area (Å²) in [6.07, 6.45) is 5.94. The Balaban J connectivity index is 2.08. The van der Waals surface area contributed by atoms with Gasteiger partial charge in [0.1, 0.15) is 0 Å². The Bertz CT molecular complexity index is 826. The third-order valence-corrected chi connectivity index (χ3v) is 4.38. The molecule has 0 aliphatic heterocycles. The second-order valence-electron chi connectivity index (χ2n) is 4.87. The molecule has 0 atom stereocenters. The average Bonchev–Trinajstić information content (AvgIpc) is 2.96. The van der Waals surface area contributed by atoms with Gasteiger partial charge >= 0.3 is 5.97 Å². The zero-order chi connectivity index (χ0) is 15.5. The molecule has 2 heterocycles. The molecule has 1 aromatic carbocycles. The Kier molecular flexibility index (Phi) is 4.15. The molecule has 0 fully saturated rings. The van der Waals surface area contributed by atoms with Gasteiger partial charge in [0.15, 0.2) is 0 Å². The number of hydrogen-bond donors (Lipinski definition) is 0. The number of rotatable bonds is 4. The van der Waals surface area contributed by atoms with Crippen LogP contribution in [0.15, 0.2) is 53.7 Å². The largest absolute Gasteiger partial charge is 0.469 e. The molecule has 0 amide bonds. The highest BCUT2D eigenvalue weighted by Crippen LogP contribution is 2.31. The van der Waals surface area contributed by atoms with E-state index in [1.807, 2.05) is 24.4 Å². The maximum absolute atomic E-state index is 11.5. The van der Waals surface area contributed by atoms with Crippen molar-refractivity contribution >= 4 is 23.2 Å². The molecule has 5 heteroatoms. The van der Waals surface area contributed by atoms with E-state index >= 15 is 0 Å². The molecular weight excluding hydrogens is 296 g/mol. The number of carbonyl (C=O) groups is 1. The molecule has 0 radical (unpaired) electrons. The van der Waals surface area contributed by atoms with E-state index in [0.717, 1.165) is 16.6 Å². The molecule has 0 bridgehead atoms. The minimum atomic E-state index is -0.259. The summed E-state index contributed by atoms with van der Waals surface area (Å²) in [5.41, 5.74) is 4.10. The number of fused-ring (bicyclic) bond motifs is 1. The van der Waals surface area contributed by atoms with Gasteiger partial charge in [0.2, 0.25) is 0 Å². The summed E-state index contributed by atoms with van der Waals surface area (Å²) >= 11 is 1.72. The Hall–Kier alpha value is -2.27. The topological polar surface area (TPSA) is 43.6 Å². The average molecular weight is 312 g/mol. The Morgan fingerprint density at radius 3 is 2.91 bits per heavy atom. The molecular formula is C17H16N2O2S. The van der Waals surface area contributed by atoms with Crippen LogP contribution in [0.5, 0.6) is 0 Å². The van der Waals surface area contributed by atoms with Crippen molar-refractivity contribution in [1.29, 1.82) is 0 Å². The van der Waals surface area contributed by atoms with Gasteiger partial charge in [-0.2, -0.15) is 5.10 Å². The van der Waals surface area contributed by atoms with Crippen molar-refractivity contribution in [3.8, 4) is 11.1 Å². The van der Waals surface area contributed by atoms with Crippen molar-refractivity contribution in [3.63, 3.8) is 0 Å². The third kappa shape index (κ3) is 2.72. The molecule has 4 nitrogen and oxygen atoms in total. The van der Waals surface area contributed by atoms with Crippen LogP contribution >= 0.6 is 11.8 Å². The zero-order valence-electron chi connectivity index (χ0n) is 12.4. The second kappa shape index (κ2) is 6.23. The minimum Gasteiger partial charge on any atom is -0.469 e. The maximum Gasteiger partial charge on any atom is 0.310 e. The van der Waals surface area contributed by atoms with Gasteiger partial charge in [-0.15, -0.1) is 11.8 Å². The van der Waals surface area contributed by atoms with Crippen molar-refractivity contribution in [3.05, 3.63) is 54.4 Å². The fourth-order valence-corrected chi connectivity index (χ4v) is 3.07. The lowest BCUT2D eigenvalue weighted by Gasteiger charge is -2.08. The fraction of sp³-hybridized carbons (Fsp3) is 0.176. The van der Waals surface area contributed by atoms with Crippen molar-refractivity contribution in [2.75, 3.05) is 13.4 Å². The number of aromatic nitrogens is 2. The van der Waals surface area contributed by atoms with E-state index < -0.39 is 0 Å². The minimum absolute atomic E-state index is 0.230. The van der Waals surface area contributed by atoms with E-state index in [1.54, 1.807) is 22.5 Å². The van der Waals surface area contributed by atoms with E-state index in [1.165, 1.54) is 17.6 Å². The molecule has 0 aliphatic carbocycles. The van der Waals surface area contributed by atoms with E-state index in [9.17, 15) is 4.79 Å². The lowest BCUT2D eigenvalue weighted by Crippen LogP contribution is -2.04. The smallest absolute Gasteiger partial charge is 0.310 e. The monoisotopic (exact) mass is 312 g/mol. The van der Waals surface area contributed by atoms with Crippen LogP contribution < -0.4 is 0 Å². The lowest BCUT2D eigenvalue weighted by atomic mass is 10.1.